The number of nitrogens with zero attached hydrogens (tertiary/aromatic N) is 1. The van der Waals surface area contributed by atoms with Crippen LogP contribution >= 0.6 is 11.3 Å². The highest BCUT2D eigenvalue weighted by Crippen LogP contribution is 2.39. The topological polar surface area (TPSA) is 31.4 Å². The van der Waals surface area contributed by atoms with Crippen molar-refractivity contribution in [3.63, 3.8) is 0 Å². The van der Waals surface area contributed by atoms with Gasteiger partial charge in [0.05, 0.1) is 5.56 Å². The smallest absolute Gasteiger partial charge is 0.350 e. The lowest BCUT2D eigenvalue weighted by atomic mass is 10.1. The minimum atomic E-state index is -4.66. The second-order valence-corrected chi connectivity index (χ2v) is 4.93. The highest BCUT2D eigenvalue weighted by atomic mass is 32.1. The van der Waals surface area contributed by atoms with Crippen LogP contribution in [0.5, 0.6) is 0 Å². The molecule has 0 amide bonds. The van der Waals surface area contributed by atoms with Crippen LogP contribution in [-0.4, -0.2) is 19.2 Å². The molecular formula is C13H11F4NO2S. The predicted octanol–water partition coefficient (Wildman–Crippen LogP) is 4.26. The molecule has 0 atom stereocenters. The lowest BCUT2D eigenvalue weighted by Gasteiger charge is -2.12. The minimum absolute atomic E-state index is 0.122. The maximum atomic E-state index is 13.1. The van der Waals surface area contributed by atoms with Crippen LogP contribution < -0.4 is 0 Å². The van der Waals surface area contributed by atoms with Crippen LogP contribution in [-0.2, 0) is 15.7 Å². The predicted molar refractivity (Wildman–Crippen MR) is 69.3 cm³/mol. The second-order valence-electron chi connectivity index (χ2n) is 4.07. The van der Waals surface area contributed by atoms with E-state index in [1.165, 1.54) is 19.6 Å². The van der Waals surface area contributed by atoms with Gasteiger partial charge in [0.25, 0.3) is 0 Å². The summed E-state index contributed by atoms with van der Waals surface area (Å²) in [5.74, 6) is -0.950. The molecule has 2 rings (SSSR count). The zero-order valence-electron chi connectivity index (χ0n) is 11.1. The Labute approximate surface area is 122 Å². The standard InChI is InChI=1S/C13H11F4NO2S/c1-19-12(20-2)10-6-21-11(18-10)8-4-3-7(14)5-9(8)13(15,16)17/h3-6,12H,1-2H3. The third-order valence-electron chi connectivity index (χ3n) is 2.71. The van der Waals surface area contributed by atoms with Gasteiger partial charge in [-0.15, -0.1) is 11.3 Å². The number of hydrogen-bond acceptors (Lipinski definition) is 4. The van der Waals surface area contributed by atoms with E-state index in [0.717, 1.165) is 23.5 Å². The fourth-order valence-corrected chi connectivity index (χ4v) is 2.65. The first-order valence-corrected chi connectivity index (χ1v) is 6.63. The third kappa shape index (κ3) is 3.39. The Morgan fingerprint density at radius 3 is 2.43 bits per heavy atom. The maximum Gasteiger partial charge on any atom is 0.417 e. The number of aromatic nitrogens is 1. The van der Waals surface area contributed by atoms with Crippen molar-refractivity contribution in [1.29, 1.82) is 0 Å². The molecular weight excluding hydrogens is 310 g/mol. The summed E-state index contributed by atoms with van der Waals surface area (Å²) in [5, 5.41) is 1.66. The number of rotatable bonds is 4. The van der Waals surface area contributed by atoms with Gasteiger partial charge in [-0.2, -0.15) is 13.2 Å². The molecule has 2 aromatic rings. The molecule has 21 heavy (non-hydrogen) atoms. The Morgan fingerprint density at radius 2 is 1.86 bits per heavy atom. The summed E-state index contributed by atoms with van der Waals surface area (Å²) in [7, 11) is 2.79. The summed E-state index contributed by atoms with van der Waals surface area (Å²) < 4.78 is 62.0. The van der Waals surface area contributed by atoms with E-state index in [0.29, 0.717) is 11.8 Å². The normalized spacial score (nSPS) is 12.1. The summed E-state index contributed by atoms with van der Waals surface area (Å²) >= 11 is 1.00. The molecule has 1 aromatic carbocycles. The van der Waals surface area contributed by atoms with Crippen LogP contribution in [0.4, 0.5) is 17.6 Å². The van der Waals surface area contributed by atoms with Gasteiger partial charge in [0.2, 0.25) is 6.29 Å². The molecule has 0 aliphatic carbocycles. The first-order chi connectivity index (χ1) is 9.86. The molecule has 1 heterocycles. The molecule has 0 radical (unpaired) electrons. The highest BCUT2D eigenvalue weighted by molar-refractivity contribution is 7.13. The van der Waals surface area contributed by atoms with E-state index in [2.05, 4.69) is 4.98 Å². The van der Waals surface area contributed by atoms with Crippen LogP contribution in [0, 0.1) is 5.82 Å². The van der Waals surface area contributed by atoms with Crippen molar-refractivity contribution in [3.05, 3.63) is 40.7 Å². The molecule has 0 saturated carbocycles. The van der Waals surface area contributed by atoms with E-state index in [1.807, 2.05) is 0 Å². The molecule has 0 saturated heterocycles. The van der Waals surface area contributed by atoms with Crippen molar-refractivity contribution in [2.45, 2.75) is 12.5 Å². The Bertz CT molecular complexity index is 623. The molecule has 0 unspecified atom stereocenters. The summed E-state index contributed by atoms with van der Waals surface area (Å²) in [6.07, 6.45) is -5.42. The van der Waals surface area contributed by atoms with Gasteiger partial charge in [-0.1, -0.05) is 0 Å². The Kier molecular flexibility index (Phi) is 4.60. The first-order valence-electron chi connectivity index (χ1n) is 5.75. The molecule has 0 bridgehead atoms. The van der Waals surface area contributed by atoms with Gasteiger partial charge < -0.3 is 9.47 Å². The molecule has 0 fully saturated rings. The number of methoxy groups -OCH3 is 2. The summed E-state index contributed by atoms with van der Waals surface area (Å²) in [6, 6.07) is 2.49. The summed E-state index contributed by atoms with van der Waals surface area (Å²) in [5.41, 5.74) is -0.877. The van der Waals surface area contributed by atoms with Gasteiger partial charge in [0.1, 0.15) is 16.5 Å². The lowest BCUT2D eigenvalue weighted by molar-refractivity contribution is -0.137. The number of hydrogen-bond donors (Lipinski definition) is 0. The number of benzene rings is 1. The monoisotopic (exact) mass is 321 g/mol. The van der Waals surface area contributed by atoms with Crippen LogP contribution in [0.25, 0.3) is 10.6 Å². The SMILES string of the molecule is COC(OC)c1csc(-c2ccc(F)cc2C(F)(F)F)n1. The number of thiazole rings is 1. The van der Waals surface area contributed by atoms with E-state index >= 15 is 0 Å². The highest BCUT2D eigenvalue weighted by Gasteiger charge is 2.35. The third-order valence-corrected chi connectivity index (χ3v) is 3.60. The summed E-state index contributed by atoms with van der Waals surface area (Å²) in [4.78, 5) is 4.07. The number of ether oxygens (including phenoxy) is 2. The average molecular weight is 321 g/mol. The zero-order valence-corrected chi connectivity index (χ0v) is 11.9. The van der Waals surface area contributed by atoms with Gasteiger partial charge in [0, 0.05) is 25.2 Å². The van der Waals surface area contributed by atoms with Crippen molar-refractivity contribution in [1.82, 2.24) is 4.98 Å². The molecule has 3 nitrogen and oxygen atoms in total. The molecule has 8 heteroatoms. The van der Waals surface area contributed by atoms with Gasteiger partial charge in [-0.05, 0) is 18.2 Å². The molecule has 0 N–H and O–H groups in total. The van der Waals surface area contributed by atoms with Gasteiger partial charge in [-0.25, -0.2) is 9.37 Å². The lowest BCUT2D eigenvalue weighted by Crippen LogP contribution is -2.08. The van der Waals surface area contributed by atoms with Crippen LogP contribution in [0.2, 0.25) is 0 Å². The van der Waals surface area contributed by atoms with Gasteiger partial charge in [-0.3, -0.25) is 0 Å². The Morgan fingerprint density at radius 1 is 1.19 bits per heavy atom. The average Bonchev–Trinajstić information content (AvgIpc) is 2.88. The van der Waals surface area contributed by atoms with Crippen molar-refractivity contribution < 1.29 is 27.0 Å². The quantitative estimate of drug-likeness (QED) is 0.623. The van der Waals surface area contributed by atoms with E-state index in [4.69, 9.17) is 9.47 Å². The molecule has 0 aliphatic heterocycles. The molecule has 1 aromatic heterocycles. The largest absolute Gasteiger partial charge is 0.417 e. The number of alkyl halides is 3. The Balaban J connectivity index is 2.48. The number of halogens is 4. The van der Waals surface area contributed by atoms with E-state index in [9.17, 15) is 17.6 Å². The molecule has 114 valence electrons. The van der Waals surface area contributed by atoms with E-state index < -0.39 is 23.8 Å². The first kappa shape index (κ1) is 15.9. The van der Waals surface area contributed by atoms with Crippen molar-refractivity contribution in [2.24, 2.45) is 0 Å². The van der Waals surface area contributed by atoms with Gasteiger partial charge >= 0.3 is 6.18 Å². The Hall–Kier alpha value is -1.51. The molecule has 0 spiro atoms. The molecule has 0 aliphatic rings. The zero-order chi connectivity index (χ0) is 15.6. The van der Waals surface area contributed by atoms with Crippen molar-refractivity contribution in [2.75, 3.05) is 14.2 Å². The fourth-order valence-electron chi connectivity index (χ4n) is 1.79. The van der Waals surface area contributed by atoms with Crippen LogP contribution in [0.3, 0.4) is 0 Å². The van der Waals surface area contributed by atoms with Crippen molar-refractivity contribution in [3.8, 4) is 10.6 Å². The minimum Gasteiger partial charge on any atom is -0.350 e. The van der Waals surface area contributed by atoms with E-state index in [1.54, 1.807) is 0 Å². The second kappa shape index (κ2) is 6.08. The summed E-state index contributed by atoms with van der Waals surface area (Å²) in [6.45, 7) is 0. The fraction of sp³-hybridized carbons (Fsp3) is 0.308. The maximum absolute atomic E-state index is 13.1. The van der Waals surface area contributed by atoms with E-state index in [-0.39, 0.29) is 10.6 Å². The van der Waals surface area contributed by atoms with Crippen LogP contribution in [0.15, 0.2) is 23.6 Å². The van der Waals surface area contributed by atoms with Crippen LogP contribution in [0.1, 0.15) is 17.5 Å². The van der Waals surface area contributed by atoms with Gasteiger partial charge in [0.15, 0.2) is 0 Å². The van der Waals surface area contributed by atoms with Crippen molar-refractivity contribution >= 4 is 11.3 Å².